The van der Waals surface area contributed by atoms with Gasteiger partial charge in [0.15, 0.2) is 5.82 Å². The van der Waals surface area contributed by atoms with Crippen molar-refractivity contribution in [1.29, 1.82) is 0 Å². The maximum atomic E-state index is 5.91. The van der Waals surface area contributed by atoms with Crippen LogP contribution < -0.4 is 5.73 Å². The average molecular weight is 233 g/mol. The Hall–Kier alpha value is -1.88. The lowest BCUT2D eigenvalue weighted by molar-refractivity contribution is 0.199. The number of benzene rings is 1. The number of ether oxygens (including phenoxy) is 1. The van der Waals surface area contributed by atoms with E-state index >= 15 is 0 Å². The summed E-state index contributed by atoms with van der Waals surface area (Å²) < 4.78 is 10.2. The van der Waals surface area contributed by atoms with Gasteiger partial charge in [-0.05, 0) is 18.6 Å². The Kier molecular flexibility index (Phi) is 3.39. The van der Waals surface area contributed by atoms with E-state index in [4.69, 9.17) is 15.0 Å². The summed E-state index contributed by atoms with van der Waals surface area (Å²) in [7, 11) is 1.64. The van der Waals surface area contributed by atoms with E-state index < -0.39 is 0 Å². The fourth-order valence-electron chi connectivity index (χ4n) is 1.63. The lowest BCUT2D eigenvalue weighted by atomic mass is 10.1. The molecule has 1 aromatic carbocycles. The minimum absolute atomic E-state index is 0.465. The van der Waals surface area contributed by atoms with E-state index in [0.717, 1.165) is 11.1 Å². The number of hydrogen-bond acceptors (Lipinski definition) is 5. The van der Waals surface area contributed by atoms with Gasteiger partial charge in [0.25, 0.3) is 5.89 Å². The number of nitrogens with zero attached hydrogens (tertiary/aromatic N) is 2. The van der Waals surface area contributed by atoms with E-state index in [1.807, 2.05) is 25.1 Å². The van der Waals surface area contributed by atoms with Gasteiger partial charge < -0.3 is 15.0 Å². The highest BCUT2D eigenvalue weighted by molar-refractivity contribution is 5.73. The molecular formula is C12H15N3O2. The topological polar surface area (TPSA) is 74.2 Å². The molecule has 0 atom stereocenters. The number of aromatic nitrogens is 2. The van der Waals surface area contributed by atoms with Crippen molar-refractivity contribution in [3.63, 3.8) is 0 Å². The Labute approximate surface area is 99.6 Å². The Morgan fingerprint density at radius 2 is 2.24 bits per heavy atom. The van der Waals surface area contributed by atoms with Crippen LogP contribution in [0.3, 0.4) is 0 Å². The van der Waals surface area contributed by atoms with Crippen molar-refractivity contribution in [3.05, 3.63) is 29.6 Å². The van der Waals surface area contributed by atoms with Gasteiger partial charge >= 0.3 is 0 Å². The van der Waals surface area contributed by atoms with E-state index in [2.05, 4.69) is 10.1 Å². The molecule has 0 saturated carbocycles. The quantitative estimate of drug-likeness (QED) is 0.815. The fraction of sp³-hybridized carbons (Fsp3) is 0.333. The summed E-state index contributed by atoms with van der Waals surface area (Å²) in [5.74, 6) is 1.09. The van der Waals surface area contributed by atoms with E-state index in [1.165, 1.54) is 0 Å². The van der Waals surface area contributed by atoms with Crippen LogP contribution in [-0.2, 0) is 11.2 Å². The van der Waals surface area contributed by atoms with Crippen molar-refractivity contribution in [2.45, 2.75) is 13.3 Å². The number of nitrogen functional groups attached to an aromatic ring is 1. The van der Waals surface area contributed by atoms with Crippen LogP contribution >= 0.6 is 0 Å². The standard InChI is InChI=1S/C12H15N3O2/c1-8-4-3-5-9(13)11(8)12-14-10(15-17-12)6-7-16-2/h3-5H,6-7,13H2,1-2H3. The van der Waals surface area contributed by atoms with Gasteiger partial charge in [-0.3, -0.25) is 0 Å². The zero-order valence-corrected chi connectivity index (χ0v) is 9.93. The van der Waals surface area contributed by atoms with Gasteiger partial charge in [-0.25, -0.2) is 0 Å². The highest BCUT2D eigenvalue weighted by atomic mass is 16.5. The van der Waals surface area contributed by atoms with E-state index in [1.54, 1.807) is 7.11 Å². The predicted octanol–water partition coefficient (Wildman–Crippen LogP) is 1.82. The summed E-state index contributed by atoms with van der Waals surface area (Å²) in [6.07, 6.45) is 0.631. The third kappa shape index (κ3) is 2.45. The number of methoxy groups -OCH3 is 1. The molecule has 0 radical (unpaired) electrons. The van der Waals surface area contributed by atoms with Gasteiger partial charge in [-0.15, -0.1) is 0 Å². The molecule has 0 bridgehead atoms. The summed E-state index contributed by atoms with van der Waals surface area (Å²) in [5.41, 5.74) is 8.38. The Morgan fingerprint density at radius 1 is 1.41 bits per heavy atom. The lowest BCUT2D eigenvalue weighted by Crippen LogP contribution is -1.97. The van der Waals surface area contributed by atoms with E-state index in [-0.39, 0.29) is 0 Å². The van der Waals surface area contributed by atoms with Crippen molar-refractivity contribution in [2.75, 3.05) is 19.5 Å². The number of aryl methyl sites for hydroxylation is 1. The minimum atomic E-state index is 0.465. The molecule has 1 aromatic heterocycles. The van der Waals surface area contributed by atoms with Crippen molar-refractivity contribution in [1.82, 2.24) is 10.1 Å². The molecule has 2 N–H and O–H groups in total. The molecule has 0 fully saturated rings. The molecule has 0 aliphatic rings. The maximum Gasteiger partial charge on any atom is 0.260 e. The number of anilines is 1. The Morgan fingerprint density at radius 3 is 2.94 bits per heavy atom. The first kappa shape index (κ1) is 11.6. The second-order valence-corrected chi connectivity index (χ2v) is 3.80. The van der Waals surface area contributed by atoms with Crippen molar-refractivity contribution in [3.8, 4) is 11.5 Å². The van der Waals surface area contributed by atoms with Gasteiger partial charge in [0, 0.05) is 19.2 Å². The van der Waals surface area contributed by atoms with Crippen LogP contribution in [0.1, 0.15) is 11.4 Å². The smallest absolute Gasteiger partial charge is 0.260 e. The molecule has 0 amide bonds. The van der Waals surface area contributed by atoms with Gasteiger partial charge in [-0.2, -0.15) is 4.98 Å². The zero-order chi connectivity index (χ0) is 12.3. The van der Waals surface area contributed by atoms with Crippen LogP contribution in [0, 0.1) is 6.92 Å². The molecule has 1 heterocycles. The van der Waals surface area contributed by atoms with Gasteiger partial charge in [0.05, 0.1) is 12.2 Å². The molecular weight excluding hydrogens is 218 g/mol. The third-order valence-corrected chi connectivity index (χ3v) is 2.52. The molecule has 2 rings (SSSR count). The minimum Gasteiger partial charge on any atom is -0.398 e. The molecule has 0 spiro atoms. The fourth-order valence-corrected chi connectivity index (χ4v) is 1.63. The first-order valence-electron chi connectivity index (χ1n) is 5.39. The summed E-state index contributed by atoms with van der Waals surface area (Å²) in [6, 6.07) is 5.68. The number of nitrogens with two attached hydrogens (primary N) is 1. The molecule has 0 unspecified atom stereocenters. The van der Waals surface area contributed by atoms with Crippen LogP contribution in [0.25, 0.3) is 11.5 Å². The molecule has 5 nitrogen and oxygen atoms in total. The first-order valence-corrected chi connectivity index (χ1v) is 5.39. The van der Waals surface area contributed by atoms with Crippen LogP contribution in [0.4, 0.5) is 5.69 Å². The van der Waals surface area contributed by atoms with Crippen molar-refractivity contribution in [2.24, 2.45) is 0 Å². The predicted molar refractivity (Wildman–Crippen MR) is 64.5 cm³/mol. The second kappa shape index (κ2) is 4.97. The number of rotatable bonds is 4. The summed E-state index contributed by atoms with van der Waals surface area (Å²) in [4.78, 5) is 4.30. The van der Waals surface area contributed by atoms with Crippen LogP contribution in [0.15, 0.2) is 22.7 Å². The lowest BCUT2D eigenvalue weighted by Gasteiger charge is -2.03. The monoisotopic (exact) mass is 233 g/mol. The largest absolute Gasteiger partial charge is 0.398 e. The van der Waals surface area contributed by atoms with Gasteiger partial charge in [-0.1, -0.05) is 17.3 Å². The molecule has 0 aliphatic carbocycles. The van der Waals surface area contributed by atoms with Gasteiger partial charge in [0.1, 0.15) is 0 Å². The molecule has 90 valence electrons. The van der Waals surface area contributed by atoms with E-state index in [0.29, 0.717) is 30.4 Å². The Balaban J connectivity index is 2.30. The number of hydrogen-bond donors (Lipinski definition) is 1. The molecule has 5 heteroatoms. The van der Waals surface area contributed by atoms with Crippen molar-refractivity contribution >= 4 is 5.69 Å². The molecule has 0 aliphatic heterocycles. The second-order valence-electron chi connectivity index (χ2n) is 3.80. The van der Waals surface area contributed by atoms with E-state index in [9.17, 15) is 0 Å². The highest BCUT2D eigenvalue weighted by Crippen LogP contribution is 2.27. The van der Waals surface area contributed by atoms with Crippen molar-refractivity contribution < 1.29 is 9.26 Å². The molecule has 2 aromatic rings. The van der Waals surface area contributed by atoms with Crippen LogP contribution in [0.5, 0.6) is 0 Å². The van der Waals surface area contributed by atoms with Gasteiger partial charge in [0.2, 0.25) is 0 Å². The highest BCUT2D eigenvalue weighted by Gasteiger charge is 2.13. The maximum absolute atomic E-state index is 5.91. The SMILES string of the molecule is COCCc1noc(-c2c(C)cccc2N)n1. The van der Waals surface area contributed by atoms with Crippen LogP contribution in [-0.4, -0.2) is 23.9 Å². The summed E-state index contributed by atoms with van der Waals surface area (Å²) >= 11 is 0. The third-order valence-electron chi connectivity index (χ3n) is 2.52. The summed E-state index contributed by atoms with van der Waals surface area (Å²) in [5, 5.41) is 3.89. The normalized spacial score (nSPS) is 10.7. The molecule has 17 heavy (non-hydrogen) atoms. The first-order chi connectivity index (χ1) is 8.22. The summed E-state index contributed by atoms with van der Waals surface area (Å²) in [6.45, 7) is 2.53. The molecule has 0 saturated heterocycles. The zero-order valence-electron chi connectivity index (χ0n) is 9.93. The Bertz CT molecular complexity index is 488. The average Bonchev–Trinajstić information content (AvgIpc) is 2.75. The van der Waals surface area contributed by atoms with Crippen LogP contribution in [0.2, 0.25) is 0 Å².